The van der Waals surface area contributed by atoms with Gasteiger partial charge >= 0.3 is 0 Å². The van der Waals surface area contributed by atoms with Crippen LogP contribution >= 0.6 is 11.6 Å². The van der Waals surface area contributed by atoms with E-state index in [9.17, 15) is 4.79 Å². The first-order valence-corrected chi connectivity index (χ1v) is 5.72. The molecule has 0 unspecified atom stereocenters. The van der Waals surface area contributed by atoms with E-state index >= 15 is 0 Å². The zero-order chi connectivity index (χ0) is 11.5. The molecule has 0 radical (unpaired) electrons. The lowest BCUT2D eigenvalue weighted by atomic mass is 10.4. The van der Waals surface area contributed by atoms with E-state index in [1.165, 1.54) is 0 Å². The normalized spacial score (nSPS) is 10.7. The van der Waals surface area contributed by atoms with Gasteiger partial charge in [0, 0.05) is 19.0 Å². The summed E-state index contributed by atoms with van der Waals surface area (Å²) in [5, 5.41) is 2.74. The lowest BCUT2D eigenvalue weighted by Gasteiger charge is -2.08. The van der Waals surface area contributed by atoms with Crippen LogP contribution in [0.2, 0.25) is 0 Å². The van der Waals surface area contributed by atoms with E-state index < -0.39 is 0 Å². The number of carbonyl (C=O) groups is 1. The van der Waals surface area contributed by atoms with Crippen LogP contribution in [0.3, 0.4) is 0 Å². The highest BCUT2D eigenvalue weighted by Gasteiger charge is 2.01. The molecule has 0 rings (SSSR count). The zero-order valence-electron chi connectivity index (χ0n) is 9.42. The molecule has 0 aliphatic carbocycles. The number of amides is 1. The van der Waals surface area contributed by atoms with Crippen molar-refractivity contribution >= 4 is 17.5 Å². The Kier molecular flexibility index (Phi) is 9.99. The minimum atomic E-state index is -0.0824. The highest BCUT2D eigenvalue weighted by atomic mass is 35.5. The number of halogens is 1. The summed E-state index contributed by atoms with van der Waals surface area (Å²) in [5.74, 6) is 0.426. The van der Waals surface area contributed by atoms with Gasteiger partial charge in [0.15, 0.2) is 0 Å². The second-order valence-corrected chi connectivity index (χ2v) is 3.74. The molecule has 5 heteroatoms. The number of ether oxygens (including phenoxy) is 2. The van der Waals surface area contributed by atoms with Crippen molar-refractivity contribution in [2.24, 2.45) is 0 Å². The number of hydrogen-bond donors (Lipinski definition) is 1. The molecule has 15 heavy (non-hydrogen) atoms. The highest BCUT2D eigenvalue weighted by molar-refractivity contribution is 6.17. The van der Waals surface area contributed by atoms with Gasteiger partial charge in [0.25, 0.3) is 0 Å². The highest BCUT2D eigenvalue weighted by Crippen LogP contribution is 1.87. The van der Waals surface area contributed by atoms with Gasteiger partial charge in [-0.2, -0.15) is 0 Å². The second-order valence-electron chi connectivity index (χ2n) is 3.36. The van der Waals surface area contributed by atoms with Crippen molar-refractivity contribution in [3.8, 4) is 0 Å². The van der Waals surface area contributed by atoms with Gasteiger partial charge in [-0.05, 0) is 20.3 Å². The third kappa shape index (κ3) is 11.6. The Morgan fingerprint density at radius 3 is 2.73 bits per heavy atom. The predicted molar refractivity (Wildman–Crippen MR) is 60.3 cm³/mol. The smallest absolute Gasteiger partial charge is 0.246 e. The molecule has 0 aliphatic rings. The first-order valence-electron chi connectivity index (χ1n) is 5.18. The average Bonchev–Trinajstić information content (AvgIpc) is 2.20. The predicted octanol–water partition coefficient (Wildman–Crippen LogP) is 1.17. The summed E-state index contributed by atoms with van der Waals surface area (Å²) >= 11 is 5.42. The van der Waals surface area contributed by atoms with Crippen molar-refractivity contribution in [2.45, 2.75) is 26.4 Å². The number of carbonyl (C=O) groups excluding carboxylic acids is 1. The van der Waals surface area contributed by atoms with Gasteiger partial charge in [-0.3, -0.25) is 4.79 Å². The molecule has 0 fully saturated rings. The molecule has 0 saturated carbocycles. The maximum absolute atomic E-state index is 11.1. The molecule has 0 aromatic rings. The van der Waals surface area contributed by atoms with Crippen LogP contribution in [0.25, 0.3) is 0 Å². The van der Waals surface area contributed by atoms with E-state index in [-0.39, 0.29) is 18.6 Å². The van der Waals surface area contributed by atoms with Crippen molar-refractivity contribution in [2.75, 3.05) is 32.2 Å². The van der Waals surface area contributed by atoms with Crippen LogP contribution in [0.4, 0.5) is 0 Å². The van der Waals surface area contributed by atoms with E-state index in [1.807, 2.05) is 13.8 Å². The van der Waals surface area contributed by atoms with Crippen LogP contribution < -0.4 is 5.32 Å². The van der Waals surface area contributed by atoms with Gasteiger partial charge in [0.1, 0.15) is 6.61 Å². The molecule has 1 N–H and O–H groups in total. The third-order valence-electron chi connectivity index (χ3n) is 1.56. The Morgan fingerprint density at radius 1 is 1.40 bits per heavy atom. The van der Waals surface area contributed by atoms with Crippen LogP contribution in [-0.2, 0) is 14.3 Å². The van der Waals surface area contributed by atoms with Crippen LogP contribution in [0.1, 0.15) is 20.3 Å². The van der Waals surface area contributed by atoms with E-state index in [2.05, 4.69) is 5.32 Å². The van der Waals surface area contributed by atoms with Crippen LogP contribution in [0.5, 0.6) is 0 Å². The Hall–Kier alpha value is -0.320. The largest absolute Gasteiger partial charge is 0.380 e. The fourth-order valence-electron chi connectivity index (χ4n) is 0.852. The van der Waals surface area contributed by atoms with E-state index in [0.717, 1.165) is 6.42 Å². The quantitative estimate of drug-likeness (QED) is 0.484. The van der Waals surface area contributed by atoms with Gasteiger partial charge in [-0.1, -0.05) is 0 Å². The molecule has 0 heterocycles. The molecule has 0 aliphatic heterocycles. The van der Waals surface area contributed by atoms with Crippen LogP contribution in [-0.4, -0.2) is 44.3 Å². The monoisotopic (exact) mass is 237 g/mol. The molecule has 0 spiro atoms. The van der Waals surface area contributed by atoms with Crippen molar-refractivity contribution in [1.82, 2.24) is 5.32 Å². The summed E-state index contributed by atoms with van der Waals surface area (Å²) in [5.41, 5.74) is 0. The van der Waals surface area contributed by atoms with Crippen molar-refractivity contribution in [1.29, 1.82) is 0 Å². The van der Waals surface area contributed by atoms with Crippen molar-refractivity contribution in [3.63, 3.8) is 0 Å². The van der Waals surface area contributed by atoms with Crippen molar-refractivity contribution in [3.05, 3.63) is 0 Å². The van der Waals surface area contributed by atoms with Gasteiger partial charge in [0.2, 0.25) is 5.91 Å². The summed E-state index contributed by atoms with van der Waals surface area (Å²) in [7, 11) is 0. The summed E-state index contributed by atoms with van der Waals surface area (Å²) in [4.78, 5) is 11.1. The average molecular weight is 238 g/mol. The second kappa shape index (κ2) is 10.2. The van der Waals surface area contributed by atoms with Crippen molar-refractivity contribution < 1.29 is 14.3 Å². The topological polar surface area (TPSA) is 47.6 Å². The molecule has 4 nitrogen and oxygen atoms in total. The Balaban J connectivity index is 3.17. The molecule has 0 atom stereocenters. The number of alkyl halides is 1. The minimum absolute atomic E-state index is 0.0824. The molecular weight excluding hydrogens is 218 g/mol. The van der Waals surface area contributed by atoms with Crippen LogP contribution in [0.15, 0.2) is 0 Å². The maximum Gasteiger partial charge on any atom is 0.246 e. The molecule has 1 amide bonds. The van der Waals surface area contributed by atoms with Crippen LogP contribution in [0, 0.1) is 0 Å². The Labute approximate surface area is 96.3 Å². The first-order chi connectivity index (χ1) is 7.16. The lowest BCUT2D eigenvalue weighted by Crippen LogP contribution is -2.30. The third-order valence-corrected chi connectivity index (χ3v) is 1.71. The Bertz CT molecular complexity index is 165. The zero-order valence-corrected chi connectivity index (χ0v) is 10.2. The maximum atomic E-state index is 11.1. The number of rotatable bonds is 9. The molecule has 0 aromatic carbocycles. The number of nitrogens with one attached hydrogen (secondary N) is 1. The fourth-order valence-corrected chi connectivity index (χ4v) is 0.961. The summed E-state index contributed by atoms with van der Waals surface area (Å²) in [6.45, 7) is 5.72. The van der Waals surface area contributed by atoms with Gasteiger partial charge in [-0.25, -0.2) is 0 Å². The van der Waals surface area contributed by atoms with E-state index in [1.54, 1.807) is 0 Å². The summed E-state index contributed by atoms with van der Waals surface area (Å²) in [6, 6.07) is 0. The molecular formula is C10H20ClNO3. The van der Waals surface area contributed by atoms with E-state index in [4.69, 9.17) is 21.1 Å². The van der Waals surface area contributed by atoms with E-state index in [0.29, 0.717) is 25.6 Å². The standard InChI is InChI=1S/C10H20ClNO3/c1-9(2)15-8-10(13)12-5-3-6-14-7-4-11/h9H,3-8H2,1-2H3,(H,12,13). The molecule has 0 aromatic heterocycles. The lowest BCUT2D eigenvalue weighted by molar-refractivity contribution is -0.127. The molecule has 0 bridgehead atoms. The van der Waals surface area contributed by atoms with Gasteiger partial charge in [-0.15, -0.1) is 11.6 Å². The number of hydrogen-bond acceptors (Lipinski definition) is 3. The van der Waals surface area contributed by atoms with Gasteiger partial charge < -0.3 is 14.8 Å². The minimum Gasteiger partial charge on any atom is -0.380 e. The SMILES string of the molecule is CC(C)OCC(=O)NCCCOCCCl. The van der Waals surface area contributed by atoms with Gasteiger partial charge in [0.05, 0.1) is 12.7 Å². The summed E-state index contributed by atoms with van der Waals surface area (Å²) < 4.78 is 10.3. The molecule has 0 saturated heterocycles. The fraction of sp³-hybridized carbons (Fsp3) is 0.900. The Morgan fingerprint density at radius 2 is 2.13 bits per heavy atom. The summed E-state index contributed by atoms with van der Waals surface area (Å²) in [6.07, 6.45) is 0.882. The molecule has 90 valence electrons. The first kappa shape index (κ1) is 14.7.